The maximum Gasteiger partial charge on any atom is 0.234 e. The molecule has 11 heteroatoms. The third-order valence-electron chi connectivity index (χ3n) is 4.26. The van der Waals surface area contributed by atoms with Crippen LogP contribution >= 0.6 is 46.6 Å². The average molecular weight is 499 g/mol. The van der Waals surface area contributed by atoms with Gasteiger partial charge < -0.3 is 15.2 Å². The van der Waals surface area contributed by atoms with E-state index in [2.05, 4.69) is 20.8 Å². The number of thioether (sulfide) groups is 1. The van der Waals surface area contributed by atoms with Gasteiger partial charge in [0, 0.05) is 17.8 Å². The van der Waals surface area contributed by atoms with Crippen LogP contribution in [-0.4, -0.2) is 32.3 Å². The van der Waals surface area contributed by atoms with Gasteiger partial charge >= 0.3 is 0 Å². The molecular formula is C20H18Cl3N5O2S. The Morgan fingerprint density at radius 3 is 2.52 bits per heavy atom. The molecule has 0 atom stereocenters. The second-order valence-corrected chi connectivity index (χ2v) is 8.74. The van der Waals surface area contributed by atoms with Crippen molar-refractivity contribution in [2.24, 2.45) is 7.05 Å². The summed E-state index contributed by atoms with van der Waals surface area (Å²) in [6.45, 7) is 1.87. The average Bonchev–Trinajstić information content (AvgIpc) is 3.05. The number of rotatable bonds is 7. The summed E-state index contributed by atoms with van der Waals surface area (Å²) in [6, 6.07) is 10.2. The lowest BCUT2D eigenvalue weighted by Gasteiger charge is -2.09. The number of aryl methyl sites for hydroxylation is 1. The SMILES string of the molecule is Cc1cc(Cl)ccc1NC(=O)CSc1nnc(CC(=O)Nc2cccc(Cl)c2Cl)n1C. The largest absolute Gasteiger partial charge is 0.325 e. The second-order valence-electron chi connectivity index (χ2n) is 6.58. The van der Waals surface area contributed by atoms with Crippen molar-refractivity contribution in [3.63, 3.8) is 0 Å². The van der Waals surface area contributed by atoms with Crippen LogP contribution in [0.1, 0.15) is 11.4 Å². The molecule has 0 saturated heterocycles. The molecule has 0 aliphatic rings. The van der Waals surface area contributed by atoms with Crippen molar-refractivity contribution in [2.45, 2.75) is 18.5 Å². The maximum atomic E-state index is 12.4. The Kier molecular flexibility index (Phi) is 7.83. The molecule has 162 valence electrons. The van der Waals surface area contributed by atoms with Crippen molar-refractivity contribution in [3.05, 3.63) is 62.9 Å². The van der Waals surface area contributed by atoms with Gasteiger partial charge in [-0.05, 0) is 42.8 Å². The van der Waals surface area contributed by atoms with Crippen LogP contribution in [0.5, 0.6) is 0 Å². The summed E-state index contributed by atoms with van der Waals surface area (Å²) >= 11 is 19.2. The van der Waals surface area contributed by atoms with Gasteiger partial charge in [0.15, 0.2) is 5.16 Å². The Labute approximate surface area is 198 Å². The number of anilines is 2. The molecule has 0 unspecified atom stereocenters. The van der Waals surface area contributed by atoms with E-state index in [1.54, 1.807) is 48.0 Å². The number of hydrogen-bond donors (Lipinski definition) is 2. The Balaban J connectivity index is 1.56. The molecule has 3 aromatic rings. The van der Waals surface area contributed by atoms with E-state index in [0.717, 1.165) is 5.56 Å². The zero-order valence-corrected chi connectivity index (χ0v) is 19.7. The lowest BCUT2D eigenvalue weighted by atomic mass is 10.2. The summed E-state index contributed by atoms with van der Waals surface area (Å²) in [4.78, 5) is 24.6. The van der Waals surface area contributed by atoms with Gasteiger partial charge in [0.05, 0.1) is 27.9 Å². The van der Waals surface area contributed by atoms with Gasteiger partial charge in [-0.1, -0.05) is 52.6 Å². The van der Waals surface area contributed by atoms with Crippen LogP contribution in [0.2, 0.25) is 15.1 Å². The maximum absolute atomic E-state index is 12.4. The molecule has 0 saturated carbocycles. The highest BCUT2D eigenvalue weighted by molar-refractivity contribution is 7.99. The highest BCUT2D eigenvalue weighted by Gasteiger charge is 2.16. The molecular weight excluding hydrogens is 481 g/mol. The molecule has 3 rings (SSSR count). The van der Waals surface area contributed by atoms with Gasteiger partial charge in [-0.3, -0.25) is 9.59 Å². The Hall–Kier alpha value is -2.26. The molecule has 0 radical (unpaired) electrons. The van der Waals surface area contributed by atoms with E-state index in [-0.39, 0.29) is 29.0 Å². The van der Waals surface area contributed by atoms with Crippen LogP contribution in [0.4, 0.5) is 11.4 Å². The molecule has 0 bridgehead atoms. The standard InChI is InChI=1S/C20H18Cl3N5O2S/c1-11-8-12(21)6-7-14(11)24-18(30)10-31-20-27-26-16(28(20)2)9-17(29)25-15-5-3-4-13(22)19(15)23/h3-8H,9-10H2,1-2H3,(H,24,30)(H,25,29). The molecule has 2 amide bonds. The smallest absolute Gasteiger partial charge is 0.234 e. The number of aromatic nitrogens is 3. The van der Waals surface area contributed by atoms with E-state index in [1.165, 1.54) is 11.8 Å². The minimum absolute atomic E-state index is 0.0108. The minimum Gasteiger partial charge on any atom is -0.325 e. The van der Waals surface area contributed by atoms with Crippen molar-refractivity contribution in [1.82, 2.24) is 14.8 Å². The molecule has 1 aromatic heterocycles. The minimum atomic E-state index is -0.313. The Bertz CT molecular complexity index is 1140. The topological polar surface area (TPSA) is 88.9 Å². The molecule has 2 aromatic carbocycles. The molecule has 0 aliphatic carbocycles. The zero-order valence-electron chi connectivity index (χ0n) is 16.6. The van der Waals surface area contributed by atoms with Crippen molar-refractivity contribution < 1.29 is 9.59 Å². The van der Waals surface area contributed by atoms with Crippen LogP contribution in [0.15, 0.2) is 41.6 Å². The van der Waals surface area contributed by atoms with Crippen LogP contribution in [0.25, 0.3) is 0 Å². The summed E-state index contributed by atoms with van der Waals surface area (Å²) in [7, 11) is 1.73. The van der Waals surface area contributed by atoms with E-state index < -0.39 is 0 Å². The lowest BCUT2D eigenvalue weighted by molar-refractivity contribution is -0.116. The lowest BCUT2D eigenvalue weighted by Crippen LogP contribution is -2.17. The third kappa shape index (κ3) is 6.13. The third-order valence-corrected chi connectivity index (χ3v) is 6.34. The van der Waals surface area contributed by atoms with E-state index in [0.29, 0.717) is 32.4 Å². The highest BCUT2D eigenvalue weighted by atomic mass is 35.5. The van der Waals surface area contributed by atoms with Crippen LogP contribution < -0.4 is 10.6 Å². The fraction of sp³-hybridized carbons (Fsp3) is 0.200. The van der Waals surface area contributed by atoms with Gasteiger partial charge in [0.2, 0.25) is 11.8 Å². The predicted octanol–water partition coefficient (Wildman–Crippen LogP) is 5.00. The van der Waals surface area contributed by atoms with Crippen molar-refractivity contribution in [3.8, 4) is 0 Å². The Morgan fingerprint density at radius 1 is 1.03 bits per heavy atom. The number of benzene rings is 2. The summed E-state index contributed by atoms with van der Waals surface area (Å²) in [5.74, 6) is 0.0887. The predicted molar refractivity (Wildman–Crippen MR) is 125 cm³/mol. The number of carbonyl (C=O) groups excluding carboxylic acids is 2. The van der Waals surface area contributed by atoms with Crippen molar-refractivity contribution >= 4 is 69.8 Å². The number of nitrogens with one attached hydrogen (secondary N) is 2. The first-order chi connectivity index (χ1) is 14.7. The number of nitrogens with zero attached hydrogens (tertiary/aromatic N) is 3. The monoisotopic (exact) mass is 497 g/mol. The van der Waals surface area contributed by atoms with Gasteiger partial charge in [-0.2, -0.15) is 0 Å². The van der Waals surface area contributed by atoms with Crippen molar-refractivity contribution in [1.29, 1.82) is 0 Å². The van der Waals surface area contributed by atoms with E-state index in [9.17, 15) is 9.59 Å². The summed E-state index contributed by atoms with van der Waals surface area (Å²) in [6.07, 6.45) is -0.0108. The van der Waals surface area contributed by atoms with Gasteiger partial charge in [0.1, 0.15) is 5.82 Å². The van der Waals surface area contributed by atoms with Gasteiger partial charge in [0.25, 0.3) is 0 Å². The van der Waals surface area contributed by atoms with Gasteiger partial charge in [-0.25, -0.2) is 0 Å². The molecule has 0 aliphatic heterocycles. The first-order valence-electron chi connectivity index (χ1n) is 9.05. The van der Waals surface area contributed by atoms with Gasteiger partial charge in [-0.15, -0.1) is 10.2 Å². The summed E-state index contributed by atoms with van der Waals surface area (Å²) < 4.78 is 1.67. The number of halogens is 3. The fourth-order valence-corrected chi connectivity index (χ4v) is 3.95. The van der Waals surface area contributed by atoms with Crippen molar-refractivity contribution in [2.75, 3.05) is 16.4 Å². The summed E-state index contributed by atoms with van der Waals surface area (Å²) in [5, 5.41) is 15.4. The summed E-state index contributed by atoms with van der Waals surface area (Å²) in [5.41, 5.74) is 1.99. The molecule has 7 nitrogen and oxygen atoms in total. The molecule has 0 fully saturated rings. The molecule has 31 heavy (non-hydrogen) atoms. The molecule has 2 N–H and O–H groups in total. The molecule has 1 heterocycles. The normalized spacial score (nSPS) is 10.7. The number of amides is 2. The first kappa shape index (κ1) is 23.4. The molecule has 0 spiro atoms. The zero-order chi connectivity index (χ0) is 22.5. The van der Waals surface area contributed by atoms with E-state index in [4.69, 9.17) is 34.8 Å². The number of carbonyl (C=O) groups is 2. The van der Waals surface area contributed by atoms with Crippen LogP contribution in [0.3, 0.4) is 0 Å². The highest BCUT2D eigenvalue weighted by Crippen LogP contribution is 2.29. The quantitative estimate of drug-likeness (QED) is 0.448. The first-order valence-corrected chi connectivity index (χ1v) is 11.2. The second kappa shape index (κ2) is 10.4. The van der Waals surface area contributed by atoms with E-state index >= 15 is 0 Å². The Morgan fingerprint density at radius 2 is 1.77 bits per heavy atom. The number of hydrogen-bond acceptors (Lipinski definition) is 5. The van der Waals surface area contributed by atoms with Crippen LogP contribution in [-0.2, 0) is 23.1 Å². The fourth-order valence-electron chi connectivity index (χ4n) is 2.65. The van der Waals surface area contributed by atoms with Crippen LogP contribution in [0, 0.1) is 6.92 Å². The van der Waals surface area contributed by atoms with E-state index in [1.807, 2.05) is 6.92 Å².